The Bertz CT molecular complexity index is 1700. The fourth-order valence-electron chi connectivity index (χ4n) is 6.54. The van der Waals surface area contributed by atoms with Gasteiger partial charge in [0.25, 0.3) is 0 Å². The van der Waals surface area contributed by atoms with E-state index in [1.165, 1.54) is 14.2 Å². The summed E-state index contributed by atoms with van der Waals surface area (Å²) < 4.78 is 16.2. The van der Waals surface area contributed by atoms with Gasteiger partial charge >= 0.3 is 18.0 Å². The Morgan fingerprint density at radius 2 is 1.50 bits per heavy atom. The number of para-hydroxylation sites is 2. The summed E-state index contributed by atoms with van der Waals surface area (Å²) >= 11 is 0. The van der Waals surface area contributed by atoms with Crippen LogP contribution in [0.5, 0.6) is 11.5 Å². The number of hydrogen-bond donors (Lipinski definition) is 4. The maximum Gasteiger partial charge on any atom is 0.336 e. The van der Waals surface area contributed by atoms with Gasteiger partial charge in [0, 0.05) is 42.3 Å². The number of urea groups is 1. The van der Waals surface area contributed by atoms with Crippen LogP contribution in [-0.4, -0.2) is 68.4 Å². The molecule has 2 heterocycles. The molecule has 2 amide bonds. The zero-order valence-corrected chi connectivity index (χ0v) is 29.6. The summed E-state index contributed by atoms with van der Waals surface area (Å²) in [5.41, 5.74) is 2.65. The highest BCUT2D eigenvalue weighted by atomic mass is 35.5. The largest absolute Gasteiger partial charge is 0.466 e. The Morgan fingerprint density at radius 1 is 0.880 bits per heavy atom. The minimum absolute atomic E-state index is 0. The Labute approximate surface area is 299 Å². The minimum atomic E-state index is -0.985. The summed E-state index contributed by atoms with van der Waals surface area (Å²) in [7, 11) is 2.58. The van der Waals surface area contributed by atoms with Gasteiger partial charge in [-0.05, 0) is 75.5 Å². The van der Waals surface area contributed by atoms with E-state index in [1.54, 1.807) is 38.1 Å². The SMILES string of the molecule is COC(=O)C1=C(C)NC(C)=C(C(=O)OC)C1c1cccc(NC(=O)NCCCN2CCC(O)(c3ccccc3Oc3ccccc3)CC2)c1.Cl. The number of piperidine rings is 1. The number of aliphatic hydroxyl groups is 1. The third-order valence-corrected chi connectivity index (χ3v) is 9.03. The average Bonchev–Trinajstić information content (AvgIpc) is 3.10. The predicted octanol–water partition coefficient (Wildman–Crippen LogP) is 5.98. The molecule has 0 aliphatic carbocycles. The molecule has 12 heteroatoms. The van der Waals surface area contributed by atoms with Crippen molar-refractivity contribution in [1.29, 1.82) is 0 Å². The molecule has 266 valence electrons. The molecule has 0 atom stereocenters. The molecule has 1 saturated heterocycles. The van der Waals surface area contributed by atoms with Gasteiger partial charge in [-0.2, -0.15) is 0 Å². The van der Waals surface area contributed by atoms with Crippen LogP contribution in [0.1, 0.15) is 50.2 Å². The van der Waals surface area contributed by atoms with E-state index in [1.807, 2.05) is 54.6 Å². The summed E-state index contributed by atoms with van der Waals surface area (Å²) in [6.07, 6.45) is 1.87. The number of dihydropyridines is 1. The van der Waals surface area contributed by atoms with Crippen LogP contribution in [0.15, 0.2) is 101 Å². The van der Waals surface area contributed by atoms with Crippen LogP contribution >= 0.6 is 12.4 Å². The molecule has 0 spiro atoms. The molecular formula is C38H45ClN4O7. The number of benzene rings is 3. The van der Waals surface area contributed by atoms with Gasteiger partial charge in [0.2, 0.25) is 0 Å². The third-order valence-electron chi connectivity index (χ3n) is 9.03. The first-order chi connectivity index (χ1) is 23.6. The highest BCUT2D eigenvalue weighted by Crippen LogP contribution is 2.41. The number of methoxy groups -OCH3 is 2. The lowest BCUT2D eigenvalue weighted by molar-refractivity contribution is -0.137. The molecule has 4 N–H and O–H groups in total. The molecule has 0 unspecified atom stereocenters. The van der Waals surface area contributed by atoms with Crippen LogP contribution in [0, 0.1) is 0 Å². The maximum absolute atomic E-state index is 12.8. The van der Waals surface area contributed by atoms with Crippen molar-refractivity contribution in [1.82, 2.24) is 15.5 Å². The summed E-state index contributed by atoms with van der Waals surface area (Å²) in [5, 5.41) is 20.5. The number of ether oxygens (including phenoxy) is 3. The zero-order valence-electron chi connectivity index (χ0n) is 28.8. The number of esters is 2. The number of rotatable bonds is 11. The first-order valence-corrected chi connectivity index (χ1v) is 16.4. The van der Waals surface area contributed by atoms with Crippen LogP contribution in [0.25, 0.3) is 0 Å². The Kier molecular flexibility index (Phi) is 13.1. The molecule has 2 aliphatic heterocycles. The van der Waals surface area contributed by atoms with E-state index in [-0.39, 0.29) is 29.6 Å². The van der Waals surface area contributed by atoms with E-state index >= 15 is 0 Å². The number of nitrogens with one attached hydrogen (secondary N) is 3. The molecule has 0 radical (unpaired) electrons. The van der Waals surface area contributed by atoms with E-state index in [2.05, 4.69) is 20.9 Å². The van der Waals surface area contributed by atoms with Gasteiger partial charge < -0.3 is 40.2 Å². The first-order valence-electron chi connectivity index (χ1n) is 16.4. The Hall–Kier alpha value is -4.84. The quantitative estimate of drug-likeness (QED) is 0.140. The third kappa shape index (κ3) is 8.84. The van der Waals surface area contributed by atoms with Gasteiger partial charge in [-0.25, -0.2) is 14.4 Å². The molecule has 3 aromatic rings. The van der Waals surface area contributed by atoms with Crippen molar-refractivity contribution in [2.75, 3.05) is 45.7 Å². The number of nitrogens with zero attached hydrogens (tertiary/aromatic N) is 1. The van der Waals surface area contributed by atoms with Gasteiger partial charge in [-0.1, -0.05) is 48.5 Å². The zero-order chi connectivity index (χ0) is 35.0. The Morgan fingerprint density at radius 3 is 2.14 bits per heavy atom. The molecule has 2 aliphatic rings. The molecule has 0 bridgehead atoms. The fourth-order valence-corrected chi connectivity index (χ4v) is 6.54. The fraction of sp³-hybridized carbons (Fsp3) is 0.342. The van der Waals surface area contributed by atoms with Gasteiger partial charge in [-0.15, -0.1) is 12.4 Å². The standard InChI is InChI=1S/C38H44N4O7.ClH/c1-25-32(35(43)47-3)34(33(26(2)40-25)36(44)48-4)27-12-10-13-28(24-27)41-37(45)39-20-11-21-42-22-18-38(46,19-23-42)30-16-8-9-17-31(30)49-29-14-6-5-7-15-29;/h5-10,12-17,24,34,40,46H,11,18-23H2,1-4H3,(H2,39,41,45);1H. The normalized spacial score (nSPS) is 16.1. The summed E-state index contributed by atoms with van der Waals surface area (Å²) in [5.74, 6) is -0.507. The average molecular weight is 705 g/mol. The van der Waals surface area contributed by atoms with Gasteiger partial charge in [0.1, 0.15) is 11.5 Å². The van der Waals surface area contributed by atoms with E-state index in [9.17, 15) is 19.5 Å². The number of allylic oxidation sites excluding steroid dienone is 2. The maximum atomic E-state index is 12.8. The molecular weight excluding hydrogens is 660 g/mol. The lowest BCUT2D eigenvalue weighted by Gasteiger charge is -2.39. The Balaban J connectivity index is 0.00000562. The summed E-state index contributed by atoms with van der Waals surface area (Å²) in [6.45, 7) is 6.16. The summed E-state index contributed by atoms with van der Waals surface area (Å²) in [4.78, 5) is 40.8. The van der Waals surface area contributed by atoms with Crippen LogP contribution in [0.3, 0.4) is 0 Å². The lowest BCUT2D eigenvalue weighted by Crippen LogP contribution is -2.43. The smallest absolute Gasteiger partial charge is 0.336 e. The van der Waals surface area contributed by atoms with Crippen molar-refractivity contribution in [2.45, 2.75) is 44.6 Å². The van der Waals surface area contributed by atoms with Crippen molar-refractivity contribution in [3.8, 4) is 11.5 Å². The van der Waals surface area contributed by atoms with Crippen LogP contribution in [0.2, 0.25) is 0 Å². The lowest BCUT2D eigenvalue weighted by atomic mass is 9.80. The van der Waals surface area contributed by atoms with E-state index < -0.39 is 23.5 Å². The monoisotopic (exact) mass is 704 g/mol. The van der Waals surface area contributed by atoms with Crippen LogP contribution in [0.4, 0.5) is 10.5 Å². The second-order valence-corrected chi connectivity index (χ2v) is 12.3. The number of likely N-dealkylation sites (tertiary alicyclic amines) is 1. The van der Waals surface area contributed by atoms with Crippen LogP contribution in [-0.2, 0) is 24.7 Å². The molecule has 3 aromatic carbocycles. The van der Waals surface area contributed by atoms with Gasteiger partial charge in [-0.3, -0.25) is 0 Å². The number of carbonyl (C=O) groups excluding carboxylic acids is 3. The van der Waals surface area contributed by atoms with Gasteiger partial charge in [0.15, 0.2) is 0 Å². The topological polar surface area (TPSA) is 138 Å². The molecule has 0 aromatic heterocycles. The molecule has 11 nitrogen and oxygen atoms in total. The van der Waals surface area contributed by atoms with Crippen molar-refractivity contribution >= 4 is 36.1 Å². The van der Waals surface area contributed by atoms with Crippen LogP contribution < -0.4 is 20.7 Å². The number of carbonyl (C=O) groups is 3. The van der Waals surface area contributed by atoms with Crippen molar-refractivity contribution < 1.29 is 33.7 Å². The number of halogens is 1. The second-order valence-electron chi connectivity index (χ2n) is 12.3. The second kappa shape index (κ2) is 17.2. The summed E-state index contributed by atoms with van der Waals surface area (Å²) in [6, 6.07) is 23.9. The highest BCUT2D eigenvalue weighted by Gasteiger charge is 2.38. The van der Waals surface area contributed by atoms with Gasteiger partial charge in [0.05, 0.1) is 36.9 Å². The van der Waals surface area contributed by atoms with E-state index in [4.69, 9.17) is 14.2 Å². The number of amides is 2. The first kappa shape index (κ1) is 38.0. The van der Waals surface area contributed by atoms with Crippen molar-refractivity contribution in [3.63, 3.8) is 0 Å². The number of hydrogen-bond acceptors (Lipinski definition) is 9. The number of anilines is 1. The molecule has 1 fully saturated rings. The molecule has 0 saturated carbocycles. The van der Waals surface area contributed by atoms with Crippen molar-refractivity contribution in [2.24, 2.45) is 0 Å². The molecule has 50 heavy (non-hydrogen) atoms. The van der Waals surface area contributed by atoms with Crippen molar-refractivity contribution in [3.05, 3.63) is 113 Å². The highest BCUT2D eigenvalue weighted by molar-refractivity contribution is 6.00. The minimum Gasteiger partial charge on any atom is -0.466 e. The molecule has 5 rings (SSSR count). The van der Waals surface area contributed by atoms with E-state index in [0.29, 0.717) is 47.8 Å². The predicted molar refractivity (Wildman–Crippen MR) is 193 cm³/mol. The van der Waals surface area contributed by atoms with E-state index in [0.717, 1.165) is 37.4 Å².